The number of ether oxygens (including phenoxy) is 1. The molecule has 100 valence electrons. The van der Waals surface area contributed by atoms with E-state index in [1.165, 1.54) is 7.11 Å². The number of benzene rings is 2. The van der Waals surface area contributed by atoms with Gasteiger partial charge in [-0.25, -0.2) is 8.78 Å². The van der Waals surface area contributed by atoms with Crippen molar-refractivity contribution >= 4 is 11.4 Å². The van der Waals surface area contributed by atoms with Gasteiger partial charge in [0, 0.05) is 23.9 Å². The number of nitrogens with two attached hydrogens (primary N) is 1. The van der Waals surface area contributed by atoms with Crippen molar-refractivity contribution in [3.63, 3.8) is 0 Å². The number of anilines is 2. The molecule has 3 N–H and O–H groups in total. The third kappa shape index (κ3) is 3.13. The predicted octanol–water partition coefficient (Wildman–Crippen LogP) is 3.17. The van der Waals surface area contributed by atoms with E-state index in [0.717, 1.165) is 23.9 Å². The van der Waals surface area contributed by atoms with Crippen molar-refractivity contribution in [1.82, 2.24) is 0 Å². The summed E-state index contributed by atoms with van der Waals surface area (Å²) in [5.41, 5.74) is 7.18. The van der Waals surface area contributed by atoms with E-state index in [2.05, 4.69) is 5.32 Å². The molecule has 2 aromatic rings. The number of hydrogen-bond acceptors (Lipinski definition) is 3. The predicted molar refractivity (Wildman–Crippen MR) is 71.1 cm³/mol. The highest BCUT2D eigenvalue weighted by Gasteiger charge is 2.05. The third-order valence-electron chi connectivity index (χ3n) is 2.72. The standard InChI is InChI=1S/C14H14F2N2O/c1-19-14-7-11(3-5-13(14)17)18-8-9-6-10(15)2-4-12(9)16/h2-7,18H,8,17H2,1H3. The van der Waals surface area contributed by atoms with Gasteiger partial charge in [0.05, 0.1) is 12.8 Å². The van der Waals surface area contributed by atoms with Gasteiger partial charge in [0.2, 0.25) is 0 Å². The van der Waals surface area contributed by atoms with Crippen LogP contribution in [0.3, 0.4) is 0 Å². The average molecular weight is 264 g/mol. The number of nitrogens with one attached hydrogen (secondary N) is 1. The lowest BCUT2D eigenvalue weighted by Gasteiger charge is -2.10. The molecule has 0 fully saturated rings. The SMILES string of the molecule is COc1cc(NCc2cc(F)ccc2F)ccc1N. The van der Waals surface area contributed by atoms with Gasteiger partial charge in [0.1, 0.15) is 17.4 Å². The molecule has 0 saturated heterocycles. The topological polar surface area (TPSA) is 47.3 Å². The second kappa shape index (κ2) is 5.56. The molecule has 0 aliphatic rings. The first-order valence-electron chi connectivity index (χ1n) is 5.71. The minimum atomic E-state index is -0.465. The smallest absolute Gasteiger partial charge is 0.143 e. The van der Waals surface area contributed by atoms with E-state index in [-0.39, 0.29) is 12.1 Å². The summed E-state index contributed by atoms with van der Waals surface area (Å²) >= 11 is 0. The molecular formula is C14H14F2N2O. The summed E-state index contributed by atoms with van der Waals surface area (Å²) in [6.07, 6.45) is 0. The summed E-state index contributed by atoms with van der Waals surface area (Å²) in [5.74, 6) is -0.380. The maximum absolute atomic E-state index is 13.4. The molecule has 5 heteroatoms. The first-order valence-corrected chi connectivity index (χ1v) is 5.71. The molecule has 0 aliphatic heterocycles. The van der Waals surface area contributed by atoms with Gasteiger partial charge in [-0.2, -0.15) is 0 Å². The molecule has 19 heavy (non-hydrogen) atoms. The molecule has 2 aromatic carbocycles. The van der Waals surface area contributed by atoms with E-state index in [1.807, 2.05) is 0 Å². The van der Waals surface area contributed by atoms with E-state index in [9.17, 15) is 8.78 Å². The van der Waals surface area contributed by atoms with Crippen LogP contribution in [-0.2, 0) is 6.54 Å². The van der Waals surface area contributed by atoms with Crippen LogP contribution in [0.25, 0.3) is 0 Å². The lowest BCUT2D eigenvalue weighted by molar-refractivity contribution is 0.417. The number of halogens is 2. The summed E-state index contributed by atoms with van der Waals surface area (Å²) < 4.78 is 31.5. The number of methoxy groups -OCH3 is 1. The maximum atomic E-state index is 13.4. The van der Waals surface area contributed by atoms with Gasteiger partial charge in [0.15, 0.2) is 0 Å². The van der Waals surface area contributed by atoms with Crippen molar-refractivity contribution in [3.8, 4) is 5.75 Å². The van der Waals surface area contributed by atoms with Crippen LogP contribution in [0.1, 0.15) is 5.56 Å². The van der Waals surface area contributed by atoms with Gasteiger partial charge in [-0.1, -0.05) is 0 Å². The van der Waals surface area contributed by atoms with Crippen LogP contribution in [0.15, 0.2) is 36.4 Å². The Labute approximate surface area is 110 Å². The van der Waals surface area contributed by atoms with Crippen molar-refractivity contribution < 1.29 is 13.5 Å². The third-order valence-corrected chi connectivity index (χ3v) is 2.72. The number of hydrogen-bond donors (Lipinski definition) is 2. The average Bonchev–Trinajstić information content (AvgIpc) is 2.41. The van der Waals surface area contributed by atoms with E-state index < -0.39 is 11.6 Å². The highest BCUT2D eigenvalue weighted by Crippen LogP contribution is 2.25. The van der Waals surface area contributed by atoms with Gasteiger partial charge >= 0.3 is 0 Å². The molecule has 0 amide bonds. The zero-order valence-electron chi connectivity index (χ0n) is 10.4. The quantitative estimate of drug-likeness (QED) is 0.834. The normalized spacial score (nSPS) is 10.3. The summed E-state index contributed by atoms with van der Waals surface area (Å²) in [6.45, 7) is 0.177. The van der Waals surface area contributed by atoms with Crippen molar-refractivity contribution in [2.45, 2.75) is 6.54 Å². The zero-order chi connectivity index (χ0) is 13.8. The first-order chi connectivity index (χ1) is 9.10. The van der Waals surface area contributed by atoms with Gasteiger partial charge in [-0.15, -0.1) is 0 Å². The molecular weight excluding hydrogens is 250 g/mol. The maximum Gasteiger partial charge on any atom is 0.143 e. The largest absolute Gasteiger partial charge is 0.495 e. The molecule has 0 aromatic heterocycles. The van der Waals surface area contributed by atoms with E-state index in [1.54, 1.807) is 18.2 Å². The Morgan fingerprint density at radius 3 is 2.68 bits per heavy atom. The summed E-state index contributed by atoms with van der Waals surface area (Å²) in [7, 11) is 1.52. The number of rotatable bonds is 4. The first kappa shape index (κ1) is 13.1. The van der Waals surface area contributed by atoms with Crippen LogP contribution in [0.5, 0.6) is 5.75 Å². The van der Waals surface area contributed by atoms with Crippen LogP contribution < -0.4 is 15.8 Å². The van der Waals surface area contributed by atoms with E-state index in [0.29, 0.717) is 11.4 Å². The van der Waals surface area contributed by atoms with E-state index >= 15 is 0 Å². The lowest BCUT2D eigenvalue weighted by Crippen LogP contribution is -2.03. The summed E-state index contributed by atoms with van der Waals surface area (Å²) in [4.78, 5) is 0. The highest BCUT2D eigenvalue weighted by molar-refractivity contribution is 5.61. The van der Waals surface area contributed by atoms with Crippen LogP contribution in [0.2, 0.25) is 0 Å². The Hall–Kier alpha value is -2.30. The number of nitrogen functional groups attached to an aromatic ring is 1. The van der Waals surface area contributed by atoms with Crippen molar-refractivity contribution in [2.75, 3.05) is 18.2 Å². The Kier molecular flexibility index (Phi) is 3.85. The second-order valence-corrected chi connectivity index (χ2v) is 4.05. The van der Waals surface area contributed by atoms with Crippen molar-refractivity contribution in [3.05, 3.63) is 53.6 Å². The van der Waals surface area contributed by atoms with Gasteiger partial charge in [0.25, 0.3) is 0 Å². The second-order valence-electron chi connectivity index (χ2n) is 4.05. The molecule has 2 rings (SSSR count). The Bertz CT molecular complexity index is 588. The van der Waals surface area contributed by atoms with E-state index in [4.69, 9.17) is 10.5 Å². The van der Waals surface area contributed by atoms with Crippen molar-refractivity contribution in [1.29, 1.82) is 0 Å². The molecule has 0 radical (unpaired) electrons. The van der Waals surface area contributed by atoms with Gasteiger partial charge in [-0.05, 0) is 30.3 Å². The van der Waals surface area contributed by atoms with Crippen molar-refractivity contribution in [2.24, 2.45) is 0 Å². The Balaban J connectivity index is 2.12. The summed E-state index contributed by atoms with van der Waals surface area (Å²) in [6, 6.07) is 8.49. The molecule has 0 unspecified atom stereocenters. The fourth-order valence-corrected chi connectivity index (χ4v) is 1.70. The lowest BCUT2D eigenvalue weighted by atomic mass is 10.2. The molecule has 0 atom stereocenters. The zero-order valence-corrected chi connectivity index (χ0v) is 10.4. The molecule has 3 nitrogen and oxygen atoms in total. The van der Waals surface area contributed by atoms with Gasteiger partial charge < -0.3 is 15.8 Å². The summed E-state index contributed by atoms with van der Waals surface area (Å²) in [5, 5.41) is 2.99. The molecule has 0 saturated carbocycles. The molecule has 0 aliphatic carbocycles. The van der Waals surface area contributed by atoms with Gasteiger partial charge in [-0.3, -0.25) is 0 Å². The highest BCUT2D eigenvalue weighted by atomic mass is 19.1. The fraction of sp³-hybridized carbons (Fsp3) is 0.143. The van der Waals surface area contributed by atoms with Crippen LogP contribution in [0.4, 0.5) is 20.2 Å². The Morgan fingerprint density at radius 2 is 1.95 bits per heavy atom. The van der Waals surface area contributed by atoms with Crippen LogP contribution in [0, 0.1) is 11.6 Å². The molecule has 0 spiro atoms. The van der Waals surface area contributed by atoms with Crippen LogP contribution in [-0.4, -0.2) is 7.11 Å². The molecule has 0 bridgehead atoms. The minimum absolute atomic E-state index is 0.177. The Morgan fingerprint density at radius 1 is 1.16 bits per heavy atom. The fourth-order valence-electron chi connectivity index (χ4n) is 1.70. The molecule has 0 heterocycles. The van der Waals surface area contributed by atoms with Crippen LogP contribution >= 0.6 is 0 Å². The minimum Gasteiger partial charge on any atom is -0.495 e. The monoisotopic (exact) mass is 264 g/mol.